The maximum atomic E-state index is 5.40. The second-order valence-electron chi connectivity index (χ2n) is 5.56. The van der Waals surface area contributed by atoms with E-state index in [1.807, 2.05) is 12.1 Å². The van der Waals surface area contributed by atoms with Crippen molar-refractivity contribution in [1.82, 2.24) is 20.1 Å². The second kappa shape index (κ2) is 11.7. The number of rotatable bonds is 7. The zero-order valence-corrected chi connectivity index (χ0v) is 16.5. The predicted octanol–water partition coefficient (Wildman–Crippen LogP) is 1.38. The quantitative estimate of drug-likeness (QED) is 0.386. The molecule has 1 aromatic rings. The van der Waals surface area contributed by atoms with Crippen molar-refractivity contribution in [3.63, 3.8) is 0 Å². The van der Waals surface area contributed by atoms with Crippen molar-refractivity contribution in [3.05, 3.63) is 24.5 Å². The molecule has 2 rings (SSSR count). The van der Waals surface area contributed by atoms with Gasteiger partial charge in [0.2, 0.25) is 0 Å². The van der Waals surface area contributed by atoms with Crippen molar-refractivity contribution in [1.29, 1.82) is 0 Å². The molecular formula is C16H30IN5O. The van der Waals surface area contributed by atoms with Gasteiger partial charge >= 0.3 is 0 Å². The van der Waals surface area contributed by atoms with E-state index in [1.54, 1.807) is 0 Å². The molecule has 0 saturated carbocycles. The highest BCUT2D eigenvalue weighted by Crippen LogP contribution is 2.03. The lowest BCUT2D eigenvalue weighted by Gasteiger charge is -2.31. The van der Waals surface area contributed by atoms with Gasteiger partial charge in [0.05, 0.1) is 19.8 Å². The van der Waals surface area contributed by atoms with Gasteiger partial charge in [0.25, 0.3) is 0 Å². The van der Waals surface area contributed by atoms with E-state index in [9.17, 15) is 0 Å². The molecule has 1 fully saturated rings. The zero-order valence-electron chi connectivity index (χ0n) is 14.2. The average Bonchev–Trinajstić information content (AvgIpc) is 3.06. The van der Waals surface area contributed by atoms with Gasteiger partial charge in [0.15, 0.2) is 5.96 Å². The summed E-state index contributed by atoms with van der Waals surface area (Å²) in [7, 11) is 0. The number of nitrogens with one attached hydrogen (secondary N) is 2. The molecule has 0 spiro atoms. The van der Waals surface area contributed by atoms with Crippen LogP contribution in [-0.4, -0.2) is 67.4 Å². The molecule has 0 bridgehead atoms. The van der Waals surface area contributed by atoms with Crippen LogP contribution in [0.1, 0.15) is 13.8 Å². The summed E-state index contributed by atoms with van der Waals surface area (Å²) in [6.07, 6.45) is 4.15. The molecule has 0 radical (unpaired) electrons. The largest absolute Gasteiger partial charge is 0.379 e. The van der Waals surface area contributed by atoms with E-state index < -0.39 is 0 Å². The molecular weight excluding hydrogens is 405 g/mol. The fraction of sp³-hybridized carbons (Fsp3) is 0.688. The number of hydrogen-bond donors (Lipinski definition) is 2. The highest BCUT2D eigenvalue weighted by Gasteiger charge is 2.16. The fourth-order valence-electron chi connectivity index (χ4n) is 2.52. The van der Waals surface area contributed by atoms with Gasteiger partial charge in [-0.2, -0.15) is 0 Å². The van der Waals surface area contributed by atoms with Gasteiger partial charge in [0, 0.05) is 51.2 Å². The van der Waals surface area contributed by atoms with E-state index in [0.29, 0.717) is 6.04 Å². The van der Waals surface area contributed by atoms with E-state index in [4.69, 9.17) is 9.73 Å². The van der Waals surface area contributed by atoms with Crippen molar-refractivity contribution in [2.24, 2.45) is 4.99 Å². The first-order valence-electron chi connectivity index (χ1n) is 8.24. The summed E-state index contributed by atoms with van der Waals surface area (Å²) >= 11 is 0. The number of ether oxygens (including phenoxy) is 1. The van der Waals surface area contributed by atoms with E-state index in [2.05, 4.69) is 46.3 Å². The van der Waals surface area contributed by atoms with E-state index in [0.717, 1.165) is 58.4 Å². The Hall–Kier alpha value is -0.800. The fourth-order valence-corrected chi connectivity index (χ4v) is 2.52. The van der Waals surface area contributed by atoms with Crippen LogP contribution in [0.25, 0.3) is 0 Å². The van der Waals surface area contributed by atoms with Crippen LogP contribution < -0.4 is 10.6 Å². The van der Waals surface area contributed by atoms with Crippen LogP contribution in [0.15, 0.2) is 29.5 Å². The van der Waals surface area contributed by atoms with Crippen LogP contribution in [-0.2, 0) is 11.3 Å². The number of aliphatic imine (C=N–C) groups is 1. The Balaban J connectivity index is 0.00000264. The van der Waals surface area contributed by atoms with Crippen LogP contribution in [0.4, 0.5) is 0 Å². The minimum atomic E-state index is 0. The highest BCUT2D eigenvalue weighted by molar-refractivity contribution is 14.0. The van der Waals surface area contributed by atoms with Crippen molar-refractivity contribution in [3.8, 4) is 0 Å². The van der Waals surface area contributed by atoms with Crippen molar-refractivity contribution >= 4 is 29.9 Å². The van der Waals surface area contributed by atoms with Crippen LogP contribution in [0.3, 0.4) is 0 Å². The first-order chi connectivity index (χ1) is 10.8. The first kappa shape index (κ1) is 20.2. The van der Waals surface area contributed by atoms with E-state index >= 15 is 0 Å². The Morgan fingerprint density at radius 2 is 1.91 bits per heavy atom. The lowest BCUT2D eigenvalue weighted by atomic mass is 10.2. The van der Waals surface area contributed by atoms with Gasteiger partial charge in [-0.05, 0) is 26.0 Å². The van der Waals surface area contributed by atoms with Gasteiger partial charge in [0.1, 0.15) is 0 Å². The monoisotopic (exact) mass is 435 g/mol. The smallest absolute Gasteiger partial charge is 0.191 e. The molecule has 2 N–H and O–H groups in total. The maximum absolute atomic E-state index is 5.40. The summed E-state index contributed by atoms with van der Waals surface area (Å²) < 4.78 is 7.56. The third kappa shape index (κ3) is 7.54. The van der Waals surface area contributed by atoms with Crippen LogP contribution >= 0.6 is 24.0 Å². The Morgan fingerprint density at radius 1 is 1.22 bits per heavy atom. The second-order valence-corrected chi connectivity index (χ2v) is 5.56. The number of morpholine rings is 1. The Kier molecular flexibility index (Phi) is 10.3. The van der Waals surface area contributed by atoms with Crippen LogP contribution in [0, 0.1) is 0 Å². The SMILES string of the molecule is CCNC(=NCC(C)N1CCOCC1)NCCn1cccc1.I. The van der Waals surface area contributed by atoms with Crippen LogP contribution in [0.5, 0.6) is 0 Å². The molecule has 7 heteroatoms. The molecule has 0 aromatic carbocycles. The topological polar surface area (TPSA) is 53.8 Å². The van der Waals surface area contributed by atoms with Gasteiger partial charge < -0.3 is 19.9 Å². The normalized spacial score (nSPS) is 17.4. The van der Waals surface area contributed by atoms with Gasteiger partial charge in [-0.1, -0.05) is 0 Å². The lowest BCUT2D eigenvalue weighted by molar-refractivity contribution is 0.0220. The molecule has 1 aromatic heterocycles. The van der Waals surface area contributed by atoms with Gasteiger partial charge in [-0.3, -0.25) is 9.89 Å². The summed E-state index contributed by atoms with van der Waals surface area (Å²) in [6.45, 7) is 11.5. The Bertz CT molecular complexity index is 432. The standard InChI is InChI=1S/C16H29N5O.HI/c1-3-17-16(18-6-9-20-7-4-5-8-20)19-14-15(2)21-10-12-22-13-11-21;/h4-5,7-8,15H,3,6,9-14H2,1-2H3,(H2,17,18,19);1H. The van der Waals surface area contributed by atoms with Crippen molar-refractivity contribution in [2.75, 3.05) is 45.9 Å². The molecule has 6 nitrogen and oxygen atoms in total. The number of hydrogen-bond acceptors (Lipinski definition) is 3. The molecule has 132 valence electrons. The highest BCUT2D eigenvalue weighted by atomic mass is 127. The Labute approximate surface area is 156 Å². The average molecular weight is 435 g/mol. The zero-order chi connectivity index (χ0) is 15.6. The molecule has 23 heavy (non-hydrogen) atoms. The number of aromatic nitrogens is 1. The van der Waals surface area contributed by atoms with Crippen molar-refractivity contribution in [2.45, 2.75) is 26.4 Å². The summed E-state index contributed by atoms with van der Waals surface area (Å²) in [5, 5.41) is 6.70. The summed E-state index contributed by atoms with van der Waals surface area (Å²) in [5.74, 6) is 0.898. The molecule has 1 aliphatic rings. The van der Waals surface area contributed by atoms with Gasteiger partial charge in [-0.15, -0.1) is 24.0 Å². The van der Waals surface area contributed by atoms with E-state index in [-0.39, 0.29) is 24.0 Å². The maximum Gasteiger partial charge on any atom is 0.191 e. The Morgan fingerprint density at radius 3 is 2.57 bits per heavy atom. The third-order valence-corrected chi connectivity index (χ3v) is 3.86. The summed E-state index contributed by atoms with van der Waals surface area (Å²) in [4.78, 5) is 7.15. The van der Waals surface area contributed by atoms with E-state index in [1.165, 1.54) is 0 Å². The predicted molar refractivity (Wildman–Crippen MR) is 106 cm³/mol. The minimum absolute atomic E-state index is 0. The molecule has 1 aliphatic heterocycles. The summed E-state index contributed by atoms with van der Waals surface area (Å²) in [6, 6.07) is 4.54. The molecule has 1 saturated heterocycles. The molecule has 0 aliphatic carbocycles. The first-order valence-corrected chi connectivity index (χ1v) is 8.24. The number of nitrogens with zero attached hydrogens (tertiary/aromatic N) is 3. The number of guanidine groups is 1. The molecule has 2 heterocycles. The van der Waals surface area contributed by atoms with Crippen LogP contribution in [0.2, 0.25) is 0 Å². The van der Waals surface area contributed by atoms with Gasteiger partial charge in [-0.25, -0.2) is 0 Å². The molecule has 1 unspecified atom stereocenters. The molecule has 1 atom stereocenters. The third-order valence-electron chi connectivity index (χ3n) is 3.86. The minimum Gasteiger partial charge on any atom is -0.379 e. The molecule has 0 amide bonds. The van der Waals surface area contributed by atoms with Crippen molar-refractivity contribution < 1.29 is 4.74 Å². The summed E-state index contributed by atoms with van der Waals surface area (Å²) in [5.41, 5.74) is 0. The lowest BCUT2D eigenvalue weighted by Crippen LogP contribution is -2.44. The number of halogens is 1.